The fourth-order valence-corrected chi connectivity index (χ4v) is 2.55. The van der Waals surface area contributed by atoms with Crippen molar-refractivity contribution in [3.8, 4) is 11.3 Å². The lowest BCUT2D eigenvalue weighted by Crippen LogP contribution is -2.45. The van der Waals surface area contributed by atoms with Crippen molar-refractivity contribution < 1.29 is 4.79 Å². The normalized spacial score (nSPS) is 19.1. The number of nitrogens with zero attached hydrogens (tertiary/aromatic N) is 2. The van der Waals surface area contributed by atoms with Crippen molar-refractivity contribution in [1.82, 2.24) is 15.1 Å². The molecule has 0 bridgehead atoms. The molecule has 20 heavy (non-hydrogen) atoms. The maximum absolute atomic E-state index is 12.4. The van der Waals surface area contributed by atoms with E-state index in [9.17, 15) is 4.79 Å². The molecule has 0 spiro atoms. The molecule has 3 rings (SSSR count). The average Bonchev–Trinajstić information content (AvgIpc) is 2.97. The van der Waals surface area contributed by atoms with E-state index in [2.05, 4.69) is 10.2 Å². The van der Waals surface area contributed by atoms with Gasteiger partial charge in [0.1, 0.15) is 5.69 Å². The third-order valence-electron chi connectivity index (χ3n) is 3.62. The Balaban J connectivity index is 1.78. The Morgan fingerprint density at radius 3 is 2.90 bits per heavy atom. The molecule has 3 N–H and O–H groups in total. The van der Waals surface area contributed by atoms with Crippen molar-refractivity contribution in [3.63, 3.8) is 0 Å². The number of aromatic nitrogens is 2. The van der Waals surface area contributed by atoms with E-state index >= 15 is 0 Å². The van der Waals surface area contributed by atoms with E-state index in [1.165, 1.54) is 0 Å². The van der Waals surface area contributed by atoms with Gasteiger partial charge in [-0.2, -0.15) is 5.10 Å². The largest absolute Gasteiger partial charge is 0.336 e. The maximum Gasteiger partial charge on any atom is 0.271 e. The molecule has 1 aromatic carbocycles. The molecule has 1 aromatic heterocycles. The van der Waals surface area contributed by atoms with Crippen molar-refractivity contribution in [1.29, 1.82) is 0 Å². The van der Waals surface area contributed by atoms with E-state index in [1.54, 1.807) is 11.0 Å². The number of nitrogens with one attached hydrogen (secondary N) is 1. The number of carbonyl (C=O) groups excluding carboxylic acids is 1. The van der Waals surface area contributed by atoms with E-state index < -0.39 is 0 Å². The molecule has 5 heteroatoms. The van der Waals surface area contributed by atoms with Crippen LogP contribution >= 0.6 is 0 Å². The lowest BCUT2D eigenvalue weighted by atomic mass is 10.1. The number of rotatable bonds is 2. The van der Waals surface area contributed by atoms with Crippen molar-refractivity contribution in [2.45, 2.75) is 18.9 Å². The van der Waals surface area contributed by atoms with Crippen molar-refractivity contribution in [2.24, 2.45) is 5.73 Å². The Labute approximate surface area is 117 Å². The van der Waals surface area contributed by atoms with Gasteiger partial charge in [-0.05, 0) is 18.9 Å². The number of piperidine rings is 1. The van der Waals surface area contributed by atoms with Crippen LogP contribution in [0.25, 0.3) is 11.3 Å². The molecule has 1 unspecified atom stereocenters. The van der Waals surface area contributed by atoms with E-state index in [4.69, 9.17) is 5.73 Å². The number of likely N-dealkylation sites (tertiary alicyclic amines) is 1. The molecule has 0 saturated carbocycles. The van der Waals surface area contributed by atoms with Gasteiger partial charge >= 0.3 is 0 Å². The molecular weight excluding hydrogens is 252 g/mol. The second kappa shape index (κ2) is 5.46. The zero-order valence-corrected chi connectivity index (χ0v) is 11.2. The highest BCUT2D eigenvalue weighted by Crippen LogP contribution is 2.18. The fraction of sp³-hybridized carbons (Fsp3) is 0.333. The smallest absolute Gasteiger partial charge is 0.271 e. The van der Waals surface area contributed by atoms with Gasteiger partial charge in [-0.25, -0.2) is 0 Å². The molecule has 1 saturated heterocycles. The Bertz CT molecular complexity index is 593. The van der Waals surface area contributed by atoms with Gasteiger partial charge in [0.25, 0.3) is 5.91 Å². The average molecular weight is 270 g/mol. The number of aromatic amines is 1. The summed E-state index contributed by atoms with van der Waals surface area (Å²) in [4.78, 5) is 14.2. The van der Waals surface area contributed by atoms with Gasteiger partial charge in [0.05, 0.1) is 5.69 Å². The molecule has 1 amide bonds. The van der Waals surface area contributed by atoms with E-state index in [0.29, 0.717) is 12.2 Å². The molecule has 104 valence electrons. The summed E-state index contributed by atoms with van der Waals surface area (Å²) < 4.78 is 0. The third-order valence-corrected chi connectivity index (χ3v) is 3.62. The van der Waals surface area contributed by atoms with Crippen LogP contribution in [-0.4, -0.2) is 40.1 Å². The highest BCUT2D eigenvalue weighted by Gasteiger charge is 2.23. The lowest BCUT2D eigenvalue weighted by molar-refractivity contribution is 0.0703. The SMILES string of the molecule is NC1CCCN(C(=O)c2cc(-c3ccccc3)n[nH]2)C1. The van der Waals surface area contributed by atoms with Crippen LogP contribution in [0, 0.1) is 0 Å². The second-order valence-corrected chi connectivity index (χ2v) is 5.19. The topological polar surface area (TPSA) is 75.0 Å². The van der Waals surface area contributed by atoms with Gasteiger partial charge in [-0.3, -0.25) is 9.89 Å². The number of hydrogen-bond acceptors (Lipinski definition) is 3. The Morgan fingerprint density at radius 1 is 1.35 bits per heavy atom. The van der Waals surface area contributed by atoms with Crippen molar-refractivity contribution in [2.75, 3.05) is 13.1 Å². The molecule has 2 heterocycles. The van der Waals surface area contributed by atoms with Crippen molar-refractivity contribution >= 4 is 5.91 Å². The molecule has 1 aliphatic rings. The molecular formula is C15H18N4O. The summed E-state index contributed by atoms with van der Waals surface area (Å²) in [5.41, 5.74) is 8.23. The summed E-state index contributed by atoms with van der Waals surface area (Å²) in [6.07, 6.45) is 1.95. The minimum atomic E-state index is -0.0187. The predicted octanol–water partition coefficient (Wildman–Crippen LogP) is 1.64. The number of nitrogens with two attached hydrogens (primary N) is 1. The minimum Gasteiger partial charge on any atom is -0.336 e. The number of carbonyl (C=O) groups is 1. The molecule has 5 nitrogen and oxygen atoms in total. The van der Waals surface area contributed by atoms with E-state index in [1.807, 2.05) is 30.3 Å². The molecule has 0 radical (unpaired) electrons. The van der Waals surface area contributed by atoms with Gasteiger partial charge in [0, 0.05) is 24.7 Å². The van der Waals surface area contributed by atoms with E-state index in [-0.39, 0.29) is 11.9 Å². The van der Waals surface area contributed by atoms with Gasteiger partial charge in [0.15, 0.2) is 0 Å². The van der Waals surface area contributed by atoms with Crippen LogP contribution in [0.2, 0.25) is 0 Å². The Kier molecular flexibility index (Phi) is 3.52. The van der Waals surface area contributed by atoms with Gasteiger partial charge in [-0.15, -0.1) is 0 Å². The highest BCUT2D eigenvalue weighted by atomic mass is 16.2. The van der Waals surface area contributed by atoms with Crippen LogP contribution in [0.1, 0.15) is 23.3 Å². The second-order valence-electron chi connectivity index (χ2n) is 5.19. The fourth-order valence-electron chi connectivity index (χ4n) is 2.55. The Hall–Kier alpha value is -2.14. The number of H-pyrrole nitrogens is 1. The lowest BCUT2D eigenvalue weighted by Gasteiger charge is -2.30. The zero-order chi connectivity index (χ0) is 13.9. The summed E-state index contributed by atoms with van der Waals surface area (Å²) in [5.74, 6) is -0.0187. The number of hydrogen-bond donors (Lipinski definition) is 2. The highest BCUT2D eigenvalue weighted by molar-refractivity contribution is 5.93. The van der Waals surface area contributed by atoms with Crippen LogP contribution < -0.4 is 5.73 Å². The maximum atomic E-state index is 12.4. The van der Waals surface area contributed by atoms with Crippen LogP contribution in [0.5, 0.6) is 0 Å². The van der Waals surface area contributed by atoms with Crippen LogP contribution in [-0.2, 0) is 0 Å². The molecule has 1 aliphatic heterocycles. The first-order valence-electron chi connectivity index (χ1n) is 6.90. The summed E-state index contributed by atoms with van der Waals surface area (Å²) in [6, 6.07) is 11.7. The first-order valence-corrected chi connectivity index (χ1v) is 6.90. The van der Waals surface area contributed by atoms with Gasteiger partial charge in [-0.1, -0.05) is 30.3 Å². The molecule has 1 atom stereocenters. The number of benzene rings is 1. The van der Waals surface area contributed by atoms with Crippen LogP contribution in [0.15, 0.2) is 36.4 Å². The monoisotopic (exact) mass is 270 g/mol. The van der Waals surface area contributed by atoms with Gasteiger partial charge in [0.2, 0.25) is 0 Å². The van der Waals surface area contributed by atoms with Crippen LogP contribution in [0.4, 0.5) is 0 Å². The predicted molar refractivity (Wildman–Crippen MR) is 77.1 cm³/mol. The summed E-state index contributed by atoms with van der Waals surface area (Å²) >= 11 is 0. The third kappa shape index (κ3) is 2.58. The first kappa shape index (κ1) is 12.9. The quantitative estimate of drug-likeness (QED) is 0.871. The van der Waals surface area contributed by atoms with E-state index in [0.717, 1.165) is 30.6 Å². The zero-order valence-electron chi connectivity index (χ0n) is 11.2. The van der Waals surface area contributed by atoms with Crippen LogP contribution in [0.3, 0.4) is 0 Å². The summed E-state index contributed by atoms with van der Waals surface area (Å²) in [5, 5.41) is 7.05. The summed E-state index contributed by atoms with van der Waals surface area (Å²) in [6.45, 7) is 1.39. The molecule has 0 aliphatic carbocycles. The first-order chi connectivity index (χ1) is 9.74. The van der Waals surface area contributed by atoms with Gasteiger partial charge < -0.3 is 10.6 Å². The Morgan fingerprint density at radius 2 is 2.15 bits per heavy atom. The molecule has 1 fully saturated rings. The minimum absolute atomic E-state index is 0.0187. The standard InChI is InChI=1S/C15H18N4O/c16-12-7-4-8-19(10-12)15(20)14-9-13(17-18-14)11-5-2-1-3-6-11/h1-3,5-6,9,12H,4,7-8,10,16H2,(H,17,18). The number of amides is 1. The molecule has 2 aromatic rings. The van der Waals surface area contributed by atoms with Crippen molar-refractivity contribution in [3.05, 3.63) is 42.1 Å². The summed E-state index contributed by atoms with van der Waals surface area (Å²) in [7, 11) is 0.